The molecule has 0 saturated carbocycles. The van der Waals surface area contributed by atoms with Gasteiger partial charge in [-0.15, -0.1) is 12.4 Å². The van der Waals surface area contributed by atoms with Crippen LogP contribution < -0.4 is 5.73 Å². The largest absolute Gasteiger partial charge is 0.379 e. The number of morpholine rings is 1. The highest BCUT2D eigenvalue weighted by molar-refractivity contribution is 6.30. The fourth-order valence-electron chi connectivity index (χ4n) is 4.97. The van der Waals surface area contributed by atoms with Gasteiger partial charge in [-0.2, -0.15) is 0 Å². The highest BCUT2D eigenvalue weighted by atomic mass is 35.5. The predicted octanol–water partition coefficient (Wildman–Crippen LogP) is 4.81. The minimum atomic E-state index is 0. The Hall–Kier alpha value is -2.55. The standard InChI is InChI=1S/C28H33ClN6O.ClH/c29-23-5-1-4-21(18-23)22(9-10-30)19-24-6-2-7-25(33-24)27-20-32-28-26(31-11-13-35(27)28)8-3-12-34-14-16-36-17-15-34;/h1-2,4-7,11,13,18,20,22H,3,8-10,12,14-17,19,30H2;1H. The van der Waals surface area contributed by atoms with Gasteiger partial charge < -0.3 is 10.5 Å². The van der Waals surface area contributed by atoms with Gasteiger partial charge in [-0.05, 0) is 74.5 Å². The molecule has 2 N–H and O–H groups in total. The molecule has 1 aliphatic rings. The Morgan fingerprint density at radius 3 is 2.73 bits per heavy atom. The molecule has 9 heteroatoms. The first-order valence-electron chi connectivity index (χ1n) is 12.7. The van der Waals surface area contributed by atoms with Crippen LogP contribution in [-0.4, -0.2) is 63.6 Å². The van der Waals surface area contributed by atoms with Crippen LogP contribution in [0.25, 0.3) is 17.0 Å². The number of imidazole rings is 1. The number of halogens is 2. The first kappa shape index (κ1) is 27.5. The summed E-state index contributed by atoms with van der Waals surface area (Å²) in [5.74, 6) is 0.265. The summed E-state index contributed by atoms with van der Waals surface area (Å²) in [7, 11) is 0. The average Bonchev–Trinajstić information content (AvgIpc) is 3.34. The molecule has 4 aromatic rings. The van der Waals surface area contributed by atoms with E-state index in [1.54, 1.807) is 0 Å². The second-order valence-electron chi connectivity index (χ2n) is 9.32. The van der Waals surface area contributed by atoms with Crippen molar-refractivity contribution in [1.29, 1.82) is 0 Å². The summed E-state index contributed by atoms with van der Waals surface area (Å²) in [5.41, 5.74) is 12.0. The lowest BCUT2D eigenvalue weighted by Gasteiger charge is -2.26. The normalized spacial score (nSPS) is 15.0. The van der Waals surface area contributed by atoms with Crippen LogP contribution in [0.5, 0.6) is 0 Å². The third kappa shape index (κ3) is 6.86. The molecule has 4 heterocycles. The molecule has 1 saturated heterocycles. The zero-order valence-corrected chi connectivity index (χ0v) is 22.5. The first-order chi connectivity index (χ1) is 17.7. The van der Waals surface area contributed by atoms with Crippen LogP contribution in [0.1, 0.15) is 35.7 Å². The fraction of sp³-hybridized carbons (Fsp3) is 0.393. The van der Waals surface area contributed by atoms with Crippen LogP contribution in [0.3, 0.4) is 0 Å². The number of rotatable bonds is 10. The molecule has 1 unspecified atom stereocenters. The Bertz CT molecular complexity index is 1290. The molecule has 1 aliphatic heterocycles. The predicted molar refractivity (Wildman–Crippen MR) is 151 cm³/mol. The summed E-state index contributed by atoms with van der Waals surface area (Å²) in [5, 5.41) is 0.747. The molecule has 0 amide bonds. The Labute approximate surface area is 229 Å². The number of fused-ring (bicyclic) bond motifs is 1. The number of hydrogen-bond acceptors (Lipinski definition) is 6. The van der Waals surface area contributed by atoms with Crippen LogP contribution in [0, 0.1) is 0 Å². The molecular formula is C28H34Cl2N6O. The van der Waals surface area contributed by atoms with Crippen molar-refractivity contribution in [2.24, 2.45) is 5.73 Å². The van der Waals surface area contributed by atoms with Gasteiger partial charge in [-0.25, -0.2) is 4.98 Å². The van der Waals surface area contributed by atoms with E-state index < -0.39 is 0 Å². The third-order valence-corrected chi connectivity index (χ3v) is 7.09. The smallest absolute Gasteiger partial charge is 0.159 e. The van der Waals surface area contributed by atoms with E-state index in [9.17, 15) is 0 Å². The molecule has 0 aliphatic carbocycles. The van der Waals surface area contributed by atoms with E-state index in [1.165, 1.54) is 5.56 Å². The second-order valence-corrected chi connectivity index (χ2v) is 9.75. The number of ether oxygens (including phenoxy) is 1. The number of nitrogens with zero attached hydrogens (tertiary/aromatic N) is 5. The second kappa shape index (κ2) is 13.3. The van der Waals surface area contributed by atoms with Gasteiger partial charge in [0.2, 0.25) is 0 Å². The van der Waals surface area contributed by atoms with Crippen molar-refractivity contribution < 1.29 is 4.74 Å². The summed E-state index contributed by atoms with van der Waals surface area (Å²) >= 11 is 6.26. The van der Waals surface area contributed by atoms with Gasteiger partial charge in [0.15, 0.2) is 5.65 Å². The molecule has 1 aromatic carbocycles. The Balaban J connectivity index is 0.00000320. The molecule has 1 atom stereocenters. The summed E-state index contributed by atoms with van der Waals surface area (Å²) in [6, 6.07) is 14.2. The van der Waals surface area contributed by atoms with E-state index in [0.29, 0.717) is 6.54 Å². The zero-order chi connectivity index (χ0) is 24.7. The first-order valence-corrected chi connectivity index (χ1v) is 13.1. The number of aromatic nitrogens is 4. The van der Waals surface area contributed by atoms with Crippen molar-refractivity contribution in [2.45, 2.75) is 31.6 Å². The fourth-order valence-corrected chi connectivity index (χ4v) is 5.17. The summed E-state index contributed by atoms with van der Waals surface area (Å²) in [4.78, 5) is 16.8. The molecular weight excluding hydrogens is 507 g/mol. The van der Waals surface area contributed by atoms with Crippen LogP contribution in [0.2, 0.25) is 5.02 Å². The number of benzene rings is 1. The minimum absolute atomic E-state index is 0. The molecule has 0 radical (unpaired) electrons. The SMILES string of the molecule is Cl.NCCC(Cc1cccc(-c2cnc3c(CCCN4CCOCC4)nccn23)n1)c1cccc(Cl)c1. The van der Waals surface area contributed by atoms with E-state index >= 15 is 0 Å². The monoisotopic (exact) mass is 540 g/mol. The van der Waals surface area contributed by atoms with Crippen molar-refractivity contribution in [2.75, 3.05) is 39.4 Å². The number of pyridine rings is 1. The molecule has 0 bridgehead atoms. The summed E-state index contributed by atoms with van der Waals surface area (Å²) < 4.78 is 7.56. The topological polar surface area (TPSA) is 81.6 Å². The average molecular weight is 542 g/mol. The molecule has 5 rings (SSSR count). The maximum atomic E-state index is 6.26. The van der Waals surface area contributed by atoms with Gasteiger partial charge in [0.1, 0.15) is 0 Å². The summed E-state index contributed by atoms with van der Waals surface area (Å²) in [6.45, 7) is 5.35. The van der Waals surface area contributed by atoms with E-state index in [4.69, 9.17) is 32.0 Å². The third-order valence-electron chi connectivity index (χ3n) is 6.85. The van der Waals surface area contributed by atoms with Crippen LogP contribution in [0.15, 0.2) is 61.1 Å². The molecule has 37 heavy (non-hydrogen) atoms. The van der Waals surface area contributed by atoms with Crippen molar-refractivity contribution >= 4 is 29.7 Å². The quantitative estimate of drug-likeness (QED) is 0.311. The molecule has 3 aromatic heterocycles. The van der Waals surface area contributed by atoms with Gasteiger partial charge in [0.25, 0.3) is 0 Å². The zero-order valence-electron chi connectivity index (χ0n) is 20.9. The molecule has 7 nitrogen and oxygen atoms in total. The van der Waals surface area contributed by atoms with Crippen molar-refractivity contribution in [3.63, 3.8) is 0 Å². The molecule has 0 spiro atoms. The number of aryl methyl sites for hydroxylation is 1. The summed E-state index contributed by atoms with van der Waals surface area (Å²) in [6.07, 6.45) is 9.37. The molecule has 1 fully saturated rings. The van der Waals surface area contributed by atoms with Gasteiger partial charge >= 0.3 is 0 Å². The van der Waals surface area contributed by atoms with Crippen molar-refractivity contribution in [3.05, 3.63) is 83.0 Å². The van der Waals surface area contributed by atoms with E-state index in [-0.39, 0.29) is 18.3 Å². The van der Waals surface area contributed by atoms with Gasteiger partial charge in [0.05, 0.1) is 36.5 Å². The van der Waals surface area contributed by atoms with Crippen LogP contribution in [-0.2, 0) is 17.6 Å². The Morgan fingerprint density at radius 2 is 1.92 bits per heavy atom. The van der Waals surface area contributed by atoms with Crippen LogP contribution in [0.4, 0.5) is 0 Å². The lowest BCUT2D eigenvalue weighted by Crippen LogP contribution is -2.37. The maximum absolute atomic E-state index is 6.26. The Kier molecular flexibility index (Phi) is 9.88. The van der Waals surface area contributed by atoms with Gasteiger partial charge in [-0.1, -0.05) is 29.8 Å². The maximum Gasteiger partial charge on any atom is 0.159 e. The number of hydrogen-bond donors (Lipinski definition) is 1. The van der Waals surface area contributed by atoms with Gasteiger partial charge in [-0.3, -0.25) is 19.3 Å². The van der Waals surface area contributed by atoms with Crippen molar-refractivity contribution in [3.8, 4) is 11.4 Å². The van der Waals surface area contributed by atoms with E-state index in [2.05, 4.69) is 32.5 Å². The lowest BCUT2D eigenvalue weighted by molar-refractivity contribution is 0.0374. The lowest BCUT2D eigenvalue weighted by atomic mass is 9.91. The number of nitrogens with two attached hydrogens (primary N) is 1. The van der Waals surface area contributed by atoms with E-state index in [0.717, 1.165) is 92.0 Å². The molecule has 196 valence electrons. The highest BCUT2D eigenvalue weighted by Crippen LogP contribution is 2.27. The Morgan fingerprint density at radius 1 is 1.08 bits per heavy atom. The van der Waals surface area contributed by atoms with E-state index in [1.807, 2.05) is 42.9 Å². The van der Waals surface area contributed by atoms with Crippen LogP contribution >= 0.6 is 24.0 Å². The minimum Gasteiger partial charge on any atom is -0.379 e. The van der Waals surface area contributed by atoms with Crippen molar-refractivity contribution in [1.82, 2.24) is 24.3 Å². The van der Waals surface area contributed by atoms with Gasteiger partial charge in [0, 0.05) is 36.2 Å². The highest BCUT2D eigenvalue weighted by Gasteiger charge is 2.16.